The molecule has 1 rings (SSSR count). The van der Waals surface area contributed by atoms with E-state index in [1.54, 1.807) is 0 Å². The van der Waals surface area contributed by atoms with Crippen molar-refractivity contribution in [1.29, 1.82) is 0 Å². The zero-order chi connectivity index (χ0) is 12.1. The van der Waals surface area contributed by atoms with Crippen molar-refractivity contribution in [2.45, 2.75) is 59.0 Å². The molecule has 0 aromatic heterocycles. The second-order valence-corrected chi connectivity index (χ2v) is 4.87. The van der Waals surface area contributed by atoms with Crippen molar-refractivity contribution < 1.29 is 4.79 Å². The minimum Gasteiger partial charge on any atom is -0.340 e. The monoisotopic (exact) mass is 226 g/mol. The molecule has 1 N–H and O–H groups in total. The van der Waals surface area contributed by atoms with Gasteiger partial charge in [0.2, 0.25) is 5.91 Å². The quantitative estimate of drug-likeness (QED) is 0.795. The Morgan fingerprint density at radius 3 is 2.69 bits per heavy atom. The highest BCUT2D eigenvalue weighted by molar-refractivity contribution is 5.80. The Hall–Kier alpha value is -0.570. The topological polar surface area (TPSA) is 32.3 Å². The fourth-order valence-corrected chi connectivity index (χ4v) is 2.50. The van der Waals surface area contributed by atoms with Crippen molar-refractivity contribution >= 4 is 5.91 Å². The van der Waals surface area contributed by atoms with Gasteiger partial charge in [0, 0.05) is 18.6 Å². The van der Waals surface area contributed by atoms with Gasteiger partial charge in [0.25, 0.3) is 0 Å². The molecule has 1 saturated heterocycles. The molecule has 0 aromatic rings. The van der Waals surface area contributed by atoms with Crippen molar-refractivity contribution in [2.75, 3.05) is 13.1 Å². The van der Waals surface area contributed by atoms with E-state index < -0.39 is 0 Å². The average Bonchev–Trinajstić information content (AvgIpc) is 2.30. The molecule has 3 nitrogen and oxygen atoms in total. The number of nitrogens with one attached hydrogen (secondary N) is 1. The van der Waals surface area contributed by atoms with E-state index in [0.717, 1.165) is 32.4 Å². The first-order chi connectivity index (χ1) is 7.61. The normalized spacial score (nSPS) is 27.5. The maximum absolute atomic E-state index is 12.4. The smallest absolute Gasteiger partial charge is 0.227 e. The molecule has 16 heavy (non-hydrogen) atoms. The van der Waals surface area contributed by atoms with Crippen LogP contribution in [-0.2, 0) is 4.79 Å². The number of carbonyl (C=O) groups excluding carboxylic acids is 1. The van der Waals surface area contributed by atoms with Crippen LogP contribution in [0.1, 0.15) is 47.0 Å². The Morgan fingerprint density at radius 1 is 1.50 bits per heavy atom. The predicted molar refractivity (Wildman–Crippen MR) is 67.3 cm³/mol. The summed E-state index contributed by atoms with van der Waals surface area (Å²) < 4.78 is 0. The lowest BCUT2D eigenvalue weighted by atomic mass is 9.90. The molecule has 0 radical (unpaired) electrons. The number of carbonyl (C=O) groups is 1. The SMILES string of the molecule is CCC(C)N(CC)C(=O)C1CCCNC1C. The van der Waals surface area contributed by atoms with Crippen molar-refractivity contribution in [3.8, 4) is 0 Å². The summed E-state index contributed by atoms with van der Waals surface area (Å²) in [6, 6.07) is 0.700. The zero-order valence-electron chi connectivity index (χ0n) is 11.1. The van der Waals surface area contributed by atoms with E-state index in [4.69, 9.17) is 0 Å². The van der Waals surface area contributed by atoms with Crippen LogP contribution in [0.3, 0.4) is 0 Å². The van der Waals surface area contributed by atoms with Gasteiger partial charge in [0.1, 0.15) is 0 Å². The van der Waals surface area contributed by atoms with Crippen LogP contribution in [0.15, 0.2) is 0 Å². The van der Waals surface area contributed by atoms with E-state index in [0.29, 0.717) is 18.0 Å². The minimum atomic E-state index is 0.183. The van der Waals surface area contributed by atoms with Gasteiger partial charge in [-0.15, -0.1) is 0 Å². The molecule has 3 heteroatoms. The van der Waals surface area contributed by atoms with Crippen LogP contribution in [0.4, 0.5) is 0 Å². The van der Waals surface area contributed by atoms with Crippen LogP contribution in [0.25, 0.3) is 0 Å². The standard InChI is InChI=1S/C13H26N2O/c1-5-10(3)15(6-2)13(16)12-8-7-9-14-11(12)4/h10-12,14H,5-9H2,1-4H3. The van der Waals surface area contributed by atoms with Crippen LogP contribution in [0, 0.1) is 5.92 Å². The Labute approximate surface area is 99.6 Å². The van der Waals surface area contributed by atoms with Gasteiger partial charge in [0.15, 0.2) is 0 Å². The summed E-state index contributed by atoms with van der Waals surface area (Å²) >= 11 is 0. The van der Waals surface area contributed by atoms with Crippen LogP contribution in [0.5, 0.6) is 0 Å². The predicted octanol–water partition coefficient (Wildman–Crippen LogP) is 2.02. The van der Waals surface area contributed by atoms with Crippen LogP contribution in [-0.4, -0.2) is 36.0 Å². The van der Waals surface area contributed by atoms with Crippen LogP contribution < -0.4 is 5.32 Å². The van der Waals surface area contributed by atoms with Gasteiger partial charge in [-0.25, -0.2) is 0 Å². The first-order valence-corrected chi connectivity index (χ1v) is 6.65. The van der Waals surface area contributed by atoms with Gasteiger partial charge in [-0.2, -0.15) is 0 Å². The highest BCUT2D eigenvalue weighted by Crippen LogP contribution is 2.20. The molecule has 1 heterocycles. The van der Waals surface area contributed by atoms with Gasteiger partial charge >= 0.3 is 0 Å². The second kappa shape index (κ2) is 6.24. The van der Waals surface area contributed by atoms with E-state index in [9.17, 15) is 4.79 Å². The fourth-order valence-electron chi connectivity index (χ4n) is 2.50. The number of piperidine rings is 1. The maximum Gasteiger partial charge on any atom is 0.227 e. The largest absolute Gasteiger partial charge is 0.340 e. The summed E-state index contributed by atoms with van der Waals surface area (Å²) in [5.74, 6) is 0.527. The summed E-state index contributed by atoms with van der Waals surface area (Å²) in [6.45, 7) is 10.4. The third-order valence-corrected chi connectivity index (χ3v) is 3.83. The zero-order valence-corrected chi connectivity index (χ0v) is 11.1. The molecular formula is C13H26N2O. The van der Waals surface area contributed by atoms with Crippen molar-refractivity contribution in [3.63, 3.8) is 0 Å². The molecule has 1 aliphatic rings. The third kappa shape index (κ3) is 2.97. The molecule has 94 valence electrons. The summed E-state index contributed by atoms with van der Waals surface area (Å²) in [7, 11) is 0. The van der Waals surface area contributed by atoms with E-state index >= 15 is 0 Å². The van der Waals surface area contributed by atoms with Crippen molar-refractivity contribution in [1.82, 2.24) is 10.2 Å². The Kier molecular flexibility index (Phi) is 5.26. The van der Waals surface area contributed by atoms with Gasteiger partial charge in [-0.3, -0.25) is 4.79 Å². The Bertz CT molecular complexity index is 222. The molecule has 0 aliphatic carbocycles. The first-order valence-electron chi connectivity index (χ1n) is 6.65. The van der Waals surface area contributed by atoms with E-state index in [1.165, 1.54) is 0 Å². The highest BCUT2D eigenvalue weighted by atomic mass is 16.2. The lowest BCUT2D eigenvalue weighted by Gasteiger charge is -2.36. The number of hydrogen-bond acceptors (Lipinski definition) is 2. The third-order valence-electron chi connectivity index (χ3n) is 3.83. The van der Waals surface area contributed by atoms with E-state index in [-0.39, 0.29) is 5.92 Å². The van der Waals surface area contributed by atoms with Gasteiger partial charge in [-0.05, 0) is 46.6 Å². The molecule has 3 atom stereocenters. The minimum absolute atomic E-state index is 0.183. The fraction of sp³-hybridized carbons (Fsp3) is 0.923. The number of nitrogens with zero attached hydrogens (tertiary/aromatic N) is 1. The summed E-state index contributed by atoms with van der Waals surface area (Å²) in [4.78, 5) is 14.5. The Balaban J connectivity index is 2.66. The molecule has 0 aromatic carbocycles. The van der Waals surface area contributed by atoms with Crippen molar-refractivity contribution in [3.05, 3.63) is 0 Å². The molecule has 0 bridgehead atoms. The molecule has 0 spiro atoms. The Morgan fingerprint density at radius 2 is 2.19 bits per heavy atom. The number of amides is 1. The van der Waals surface area contributed by atoms with Gasteiger partial charge < -0.3 is 10.2 Å². The highest BCUT2D eigenvalue weighted by Gasteiger charge is 2.31. The number of hydrogen-bond donors (Lipinski definition) is 1. The maximum atomic E-state index is 12.4. The van der Waals surface area contributed by atoms with Gasteiger partial charge in [-0.1, -0.05) is 6.92 Å². The summed E-state index contributed by atoms with van der Waals surface area (Å²) in [6.07, 6.45) is 3.20. The lowest BCUT2D eigenvalue weighted by Crippen LogP contribution is -2.50. The summed E-state index contributed by atoms with van der Waals surface area (Å²) in [5, 5.41) is 3.40. The van der Waals surface area contributed by atoms with Crippen LogP contribution in [0.2, 0.25) is 0 Å². The first kappa shape index (κ1) is 13.5. The average molecular weight is 226 g/mol. The molecule has 1 amide bonds. The molecule has 3 unspecified atom stereocenters. The molecular weight excluding hydrogens is 200 g/mol. The molecule has 1 fully saturated rings. The van der Waals surface area contributed by atoms with E-state index in [1.807, 2.05) is 4.90 Å². The molecule has 0 saturated carbocycles. The summed E-state index contributed by atoms with van der Waals surface area (Å²) in [5.41, 5.74) is 0. The number of rotatable bonds is 4. The lowest BCUT2D eigenvalue weighted by molar-refractivity contribution is -0.139. The molecule has 1 aliphatic heterocycles. The van der Waals surface area contributed by atoms with Gasteiger partial charge in [0.05, 0.1) is 5.92 Å². The second-order valence-electron chi connectivity index (χ2n) is 4.87. The van der Waals surface area contributed by atoms with E-state index in [2.05, 4.69) is 33.0 Å². The van der Waals surface area contributed by atoms with Crippen LogP contribution >= 0.6 is 0 Å². The van der Waals surface area contributed by atoms with Crippen molar-refractivity contribution in [2.24, 2.45) is 5.92 Å².